The molecule has 0 saturated heterocycles. The van der Waals surface area contributed by atoms with Crippen molar-refractivity contribution in [3.63, 3.8) is 0 Å². The number of esters is 1. The summed E-state index contributed by atoms with van der Waals surface area (Å²) in [4.78, 5) is 47.3. The van der Waals surface area contributed by atoms with Gasteiger partial charge in [0.2, 0.25) is 11.8 Å². The van der Waals surface area contributed by atoms with Crippen LogP contribution in [0.15, 0.2) is 90.5 Å². The molecule has 44 heavy (non-hydrogen) atoms. The number of pyridine rings is 1. The summed E-state index contributed by atoms with van der Waals surface area (Å²) in [6, 6.07) is 26.1. The van der Waals surface area contributed by atoms with Crippen molar-refractivity contribution in [3.8, 4) is 11.8 Å². The number of benzene rings is 3. The Hall–Kier alpha value is -5.95. The SMILES string of the molecule is COC(=O)c1cc2c3ccccc3n3c2c(n1)C(C(=O)NC/C(C#N)=C/c1ccccc1)N(c1ccc(OC)cc1)C(=O)C3. The maximum atomic E-state index is 14.3. The molecule has 2 amide bonds. The van der Waals surface area contributed by atoms with Gasteiger partial charge in [0.15, 0.2) is 6.04 Å². The van der Waals surface area contributed by atoms with Gasteiger partial charge in [0.1, 0.15) is 18.0 Å². The molecule has 0 fully saturated rings. The van der Waals surface area contributed by atoms with E-state index in [1.165, 1.54) is 19.1 Å². The van der Waals surface area contributed by atoms with Crippen molar-refractivity contribution in [1.82, 2.24) is 14.9 Å². The zero-order valence-electron chi connectivity index (χ0n) is 24.0. The van der Waals surface area contributed by atoms with Crippen LogP contribution in [0.5, 0.6) is 5.75 Å². The second-order valence-electron chi connectivity index (χ2n) is 10.2. The van der Waals surface area contributed by atoms with Crippen LogP contribution in [-0.2, 0) is 20.9 Å². The first-order chi connectivity index (χ1) is 21.4. The predicted octanol–water partition coefficient (Wildman–Crippen LogP) is 4.80. The predicted molar refractivity (Wildman–Crippen MR) is 165 cm³/mol. The van der Waals surface area contributed by atoms with Gasteiger partial charge in [-0.25, -0.2) is 9.78 Å². The number of nitrogens with zero attached hydrogens (tertiary/aromatic N) is 4. The third-order valence-corrected chi connectivity index (χ3v) is 7.58. The fourth-order valence-electron chi connectivity index (χ4n) is 5.58. The molecule has 218 valence electrons. The molecular weight excluding hydrogens is 558 g/mol. The highest BCUT2D eigenvalue weighted by molar-refractivity contribution is 6.14. The van der Waals surface area contributed by atoms with Gasteiger partial charge in [-0.3, -0.25) is 14.5 Å². The Morgan fingerprint density at radius 3 is 2.45 bits per heavy atom. The van der Waals surface area contributed by atoms with Crippen molar-refractivity contribution in [2.45, 2.75) is 12.6 Å². The number of aromatic nitrogens is 2. The van der Waals surface area contributed by atoms with Crippen molar-refractivity contribution in [2.24, 2.45) is 0 Å². The minimum atomic E-state index is -1.29. The van der Waals surface area contributed by atoms with Gasteiger partial charge in [-0.2, -0.15) is 5.26 Å². The molecule has 1 aliphatic rings. The summed E-state index contributed by atoms with van der Waals surface area (Å²) in [5.74, 6) is -1.04. The summed E-state index contributed by atoms with van der Waals surface area (Å²) < 4.78 is 12.1. The molecule has 6 rings (SSSR count). The van der Waals surface area contributed by atoms with Crippen LogP contribution >= 0.6 is 0 Å². The monoisotopic (exact) mass is 585 g/mol. The number of hydrogen-bond donors (Lipinski definition) is 1. The summed E-state index contributed by atoms with van der Waals surface area (Å²) in [6.07, 6.45) is 1.69. The zero-order chi connectivity index (χ0) is 30.8. The molecule has 1 unspecified atom stereocenters. The van der Waals surface area contributed by atoms with Crippen LogP contribution < -0.4 is 15.0 Å². The van der Waals surface area contributed by atoms with Gasteiger partial charge in [0, 0.05) is 27.5 Å². The van der Waals surface area contributed by atoms with Crippen molar-refractivity contribution in [3.05, 3.63) is 107 Å². The highest BCUT2D eigenvalue weighted by atomic mass is 16.5. The van der Waals surface area contributed by atoms with Gasteiger partial charge in [0.25, 0.3) is 0 Å². The number of para-hydroxylation sites is 1. The van der Waals surface area contributed by atoms with Crippen LogP contribution in [0.25, 0.3) is 27.9 Å². The summed E-state index contributed by atoms with van der Waals surface area (Å²) in [7, 11) is 2.80. The van der Waals surface area contributed by atoms with Gasteiger partial charge >= 0.3 is 5.97 Å². The quantitative estimate of drug-likeness (QED) is 0.215. The third-order valence-electron chi connectivity index (χ3n) is 7.58. The first kappa shape index (κ1) is 28.2. The van der Waals surface area contributed by atoms with Crippen LogP contribution in [0, 0.1) is 11.3 Å². The van der Waals surface area contributed by atoms with Crippen LogP contribution in [0.2, 0.25) is 0 Å². The molecule has 5 aromatic rings. The van der Waals surface area contributed by atoms with Crippen molar-refractivity contribution < 1.29 is 23.9 Å². The fourth-order valence-corrected chi connectivity index (χ4v) is 5.58. The molecule has 1 aliphatic heterocycles. The molecule has 3 heterocycles. The minimum absolute atomic E-state index is 0.00132. The van der Waals surface area contributed by atoms with E-state index < -0.39 is 17.9 Å². The average Bonchev–Trinajstić information content (AvgIpc) is 3.30. The number of nitrogens with one attached hydrogen (secondary N) is 1. The first-order valence-corrected chi connectivity index (χ1v) is 13.8. The van der Waals surface area contributed by atoms with Gasteiger partial charge < -0.3 is 19.4 Å². The second kappa shape index (κ2) is 11.7. The van der Waals surface area contributed by atoms with E-state index in [-0.39, 0.29) is 30.4 Å². The highest BCUT2D eigenvalue weighted by Crippen LogP contribution is 2.39. The number of methoxy groups -OCH3 is 2. The third kappa shape index (κ3) is 5.01. The Balaban J connectivity index is 1.54. The number of anilines is 1. The Morgan fingerprint density at radius 2 is 1.75 bits per heavy atom. The molecule has 0 aliphatic carbocycles. The minimum Gasteiger partial charge on any atom is -0.497 e. The van der Waals surface area contributed by atoms with Crippen molar-refractivity contribution >= 4 is 51.4 Å². The maximum absolute atomic E-state index is 14.3. The molecule has 0 saturated carbocycles. The van der Waals surface area contributed by atoms with Crippen LogP contribution in [0.4, 0.5) is 5.69 Å². The number of rotatable bonds is 7. The molecule has 0 bridgehead atoms. The number of carbonyl (C=O) groups is 3. The van der Waals surface area contributed by atoms with E-state index >= 15 is 0 Å². The second-order valence-corrected chi connectivity index (χ2v) is 10.2. The number of carbonyl (C=O) groups excluding carboxylic acids is 3. The normalized spacial score (nSPS) is 14.7. The van der Waals surface area contributed by atoms with E-state index in [1.54, 1.807) is 36.4 Å². The van der Waals surface area contributed by atoms with Crippen molar-refractivity contribution in [1.29, 1.82) is 5.26 Å². The topological polar surface area (TPSA) is 127 Å². The van der Waals surface area contributed by atoms with Gasteiger partial charge in [-0.15, -0.1) is 0 Å². The molecular formula is C34H27N5O5. The highest BCUT2D eigenvalue weighted by Gasteiger charge is 2.40. The Morgan fingerprint density at radius 1 is 1.02 bits per heavy atom. The van der Waals surface area contributed by atoms with E-state index in [1.807, 2.05) is 59.2 Å². The van der Waals surface area contributed by atoms with E-state index in [4.69, 9.17) is 9.47 Å². The van der Waals surface area contributed by atoms with Gasteiger partial charge in [0.05, 0.1) is 38.0 Å². The summed E-state index contributed by atoms with van der Waals surface area (Å²) >= 11 is 0. The number of amides is 2. The smallest absolute Gasteiger partial charge is 0.356 e. The van der Waals surface area contributed by atoms with E-state index in [0.717, 1.165) is 16.5 Å². The largest absolute Gasteiger partial charge is 0.497 e. The van der Waals surface area contributed by atoms with Crippen molar-refractivity contribution in [2.75, 3.05) is 25.7 Å². The molecule has 0 spiro atoms. The summed E-state index contributed by atoms with van der Waals surface area (Å²) in [5, 5.41) is 14.1. The lowest BCUT2D eigenvalue weighted by molar-refractivity contribution is -0.126. The lowest BCUT2D eigenvalue weighted by atomic mass is 10.0. The summed E-state index contributed by atoms with van der Waals surface area (Å²) in [5.41, 5.74) is 3.09. The molecule has 3 aromatic carbocycles. The Kier molecular flexibility index (Phi) is 7.52. The lowest BCUT2D eigenvalue weighted by Gasteiger charge is -2.29. The number of ether oxygens (including phenoxy) is 2. The fraction of sp³-hybridized carbons (Fsp3) is 0.147. The van der Waals surface area contributed by atoms with E-state index in [2.05, 4.69) is 16.4 Å². The summed E-state index contributed by atoms with van der Waals surface area (Å²) in [6.45, 7) is -0.169. The van der Waals surface area contributed by atoms with Crippen LogP contribution in [0.3, 0.4) is 0 Å². The first-order valence-electron chi connectivity index (χ1n) is 13.8. The number of hydrogen-bond acceptors (Lipinski definition) is 7. The van der Waals surface area contributed by atoms with Gasteiger partial charge in [-0.1, -0.05) is 48.5 Å². The molecule has 10 heteroatoms. The lowest BCUT2D eigenvalue weighted by Crippen LogP contribution is -2.44. The zero-order valence-corrected chi connectivity index (χ0v) is 24.0. The molecule has 1 atom stereocenters. The molecule has 0 radical (unpaired) electrons. The van der Waals surface area contributed by atoms with Crippen LogP contribution in [-0.4, -0.2) is 48.1 Å². The average molecular weight is 586 g/mol. The standard InChI is InChI=1S/C34H27N5O5/c1-43-24-14-12-23(13-15-24)39-29(40)20-38-28-11-7-6-10-25(28)26-17-27(34(42)44-2)37-30(31(26)38)32(39)33(41)36-19-22(18-35)16-21-8-4-3-5-9-21/h3-17,32H,19-20H2,1-2H3,(H,36,41)/b22-16+. The maximum Gasteiger partial charge on any atom is 0.356 e. The number of fused-ring (bicyclic) bond motifs is 3. The molecule has 1 N–H and O–H groups in total. The Labute approximate surface area is 252 Å². The number of nitriles is 1. The van der Waals surface area contributed by atoms with Gasteiger partial charge in [-0.05, 0) is 48.0 Å². The molecule has 2 aromatic heterocycles. The Bertz CT molecular complexity index is 1990. The van der Waals surface area contributed by atoms with E-state index in [9.17, 15) is 19.6 Å². The van der Waals surface area contributed by atoms with E-state index in [0.29, 0.717) is 27.9 Å². The van der Waals surface area contributed by atoms with Crippen LogP contribution in [0.1, 0.15) is 27.8 Å². The molecule has 10 nitrogen and oxygen atoms in total.